The van der Waals surface area contributed by atoms with Crippen molar-refractivity contribution in [1.82, 2.24) is 29.9 Å². The Kier molecular flexibility index (Phi) is 7.30. The van der Waals surface area contributed by atoms with E-state index in [1.54, 1.807) is 13.8 Å². The minimum absolute atomic E-state index is 0.126. The van der Waals surface area contributed by atoms with Crippen molar-refractivity contribution >= 4 is 29.2 Å². The molecule has 0 unspecified atom stereocenters. The highest BCUT2D eigenvalue weighted by Crippen LogP contribution is 2.27. The molecular weight excluding hydrogens is 444 g/mol. The number of carbonyl (C=O) groups excluding carboxylic acids is 1. The molecule has 0 aliphatic carbocycles. The highest BCUT2D eigenvalue weighted by Gasteiger charge is 2.23. The van der Waals surface area contributed by atoms with E-state index in [1.807, 2.05) is 84.3 Å². The average Bonchev–Trinajstić information content (AvgIpc) is 3.28. The predicted octanol–water partition coefficient (Wildman–Crippen LogP) is 4.25. The second-order valence-electron chi connectivity index (χ2n) is 7.55. The lowest BCUT2D eigenvalue weighted by Crippen LogP contribution is -2.25. The molecule has 0 N–H and O–H groups in total. The van der Waals surface area contributed by atoms with Gasteiger partial charge in [-0.05, 0) is 52.0 Å². The second kappa shape index (κ2) is 10.7. The van der Waals surface area contributed by atoms with E-state index in [-0.39, 0.29) is 18.2 Å². The molecule has 10 heteroatoms. The molecule has 0 atom stereocenters. The summed E-state index contributed by atoms with van der Waals surface area (Å²) in [5, 5.41) is 8.19. The minimum Gasteiger partial charge on any atom is -0.461 e. The summed E-state index contributed by atoms with van der Waals surface area (Å²) < 4.78 is 6.55. The van der Waals surface area contributed by atoms with Gasteiger partial charge in [0.2, 0.25) is 11.9 Å². The molecule has 4 aromatic rings. The van der Waals surface area contributed by atoms with Crippen LogP contribution in [0.2, 0.25) is 0 Å². The van der Waals surface area contributed by atoms with Crippen LogP contribution in [0.4, 0.5) is 23.3 Å². The summed E-state index contributed by atoms with van der Waals surface area (Å²) in [4.78, 5) is 30.6. The lowest BCUT2D eigenvalue weighted by molar-refractivity contribution is 0.0518. The largest absolute Gasteiger partial charge is 0.461 e. The molecule has 0 aliphatic rings. The van der Waals surface area contributed by atoms with Gasteiger partial charge in [0.05, 0.1) is 12.3 Å². The molecule has 2 heterocycles. The van der Waals surface area contributed by atoms with Crippen LogP contribution in [0.5, 0.6) is 0 Å². The number of carbonyl (C=O) groups is 1. The van der Waals surface area contributed by atoms with Crippen LogP contribution in [-0.4, -0.2) is 55.6 Å². The van der Waals surface area contributed by atoms with Crippen LogP contribution in [-0.2, 0) is 4.74 Å². The topological polar surface area (TPSA) is 102 Å². The Hall–Kier alpha value is -4.34. The van der Waals surface area contributed by atoms with Gasteiger partial charge in [0.1, 0.15) is 0 Å². The van der Waals surface area contributed by atoms with Crippen LogP contribution in [0.15, 0.2) is 60.7 Å². The van der Waals surface area contributed by atoms with Crippen molar-refractivity contribution in [3.63, 3.8) is 0 Å². The maximum absolute atomic E-state index is 12.3. The SMILES string of the molecule is CCOC(=O)c1nnn(-c2nc(N(CC)c3ccccc3)nc(N(CC)c3ccccc3)n2)c1C. The van der Waals surface area contributed by atoms with Gasteiger partial charge in [0, 0.05) is 24.5 Å². The highest BCUT2D eigenvalue weighted by atomic mass is 16.5. The fraction of sp³-hybridized carbons (Fsp3) is 0.280. The average molecular weight is 473 g/mol. The smallest absolute Gasteiger partial charge is 0.360 e. The number of aromatic nitrogens is 6. The lowest BCUT2D eigenvalue weighted by Gasteiger charge is -2.25. The number of benzene rings is 2. The summed E-state index contributed by atoms with van der Waals surface area (Å²) in [6.07, 6.45) is 0. The maximum Gasteiger partial charge on any atom is 0.360 e. The fourth-order valence-corrected chi connectivity index (χ4v) is 3.68. The van der Waals surface area contributed by atoms with Gasteiger partial charge < -0.3 is 14.5 Å². The van der Waals surface area contributed by atoms with Crippen molar-refractivity contribution in [2.24, 2.45) is 0 Å². The van der Waals surface area contributed by atoms with Crippen molar-refractivity contribution in [1.29, 1.82) is 0 Å². The standard InChI is InChI=1S/C25H28N8O2/c1-5-31(19-14-10-8-11-15-19)23-26-24(32(6-2)20-16-12-9-13-17-20)28-25(27-23)33-18(4)21(29-30-33)22(34)35-7-3/h8-17H,5-7H2,1-4H3. The number of anilines is 4. The second-order valence-corrected chi connectivity index (χ2v) is 7.55. The van der Waals surface area contributed by atoms with Crippen molar-refractivity contribution in [2.75, 3.05) is 29.5 Å². The Bertz CT molecular complexity index is 1210. The lowest BCUT2D eigenvalue weighted by atomic mass is 10.3. The molecule has 0 fully saturated rings. The highest BCUT2D eigenvalue weighted by molar-refractivity contribution is 5.88. The summed E-state index contributed by atoms with van der Waals surface area (Å²) >= 11 is 0. The Labute approximate surface area is 204 Å². The molecule has 180 valence electrons. The normalized spacial score (nSPS) is 10.7. The van der Waals surface area contributed by atoms with E-state index in [1.165, 1.54) is 4.68 Å². The van der Waals surface area contributed by atoms with Gasteiger partial charge in [0.25, 0.3) is 5.95 Å². The third-order valence-corrected chi connectivity index (χ3v) is 5.40. The van der Waals surface area contributed by atoms with E-state index in [4.69, 9.17) is 19.7 Å². The summed E-state index contributed by atoms with van der Waals surface area (Å²) in [6, 6.07) is 19.8. The van der Waals surface area contributed by atoms with Crippen LogP contribution in [0.1, 0.15) is 37.0 Å². The zero-order valence-electron chi connectivity index (χ0n) is 20.3. The molecule has 10 nitrogen and oxygen atoms in total. The number of hydrogen-bond acceptors (Lipinski definition) is 9. The van der Waals surface area contributed by atoms with Gasteiger partial charge >= 0.3 is 5.97 Å². The first-order valence-corrected chi connectivity index (χ1v) is 11.6. The third-order valence-electron chi connectivity index (χ3n) is 5.40. The summed E-state index contributed by atoms with van der Waals surface area (Å²) in [7, 11) is 0. The zero-order chi connectivity index (χ0) is 24.8. The van der Waals surface area contributed by atoms with Gasteiger partial charge in [-0.2, -0.15) is 19.6 Å². The van der Waals surface area contributed by atoms with Crippen molar-refractivity contribution in [3.05, 3.63) is 72.1 Å². The summed E-state index contributed by atoms with van der Waals surface area (Å²) in [6.45, 7) is 9.06. The molecule has 0 radical (unpaired) electrons. The number of hydrogen-bond donors (Lipinski definition) is 0. The van der Waals surface area contributed by atoms with Crippen LogP contribution >= 0.6 is 0 Å². The zero-order valence-corrected chi connectivity index (χ0v) is 20.3. The fourth-order valence-electron chi connectivity index (χ4n) is 3.68. The predicted molar refractivity (Wildman–Crippen MR) is 134 cm³/mol. The molecule has 0 aliphatic heterocycles. The molecule has 4 rings (SSSR count). The van der Waals surface area contributed by atoms with Gasteiger partial charge in [-0.3, -0.25) is 0 Å². The Morgan fingerprint density at radius 3 is 1.80 bits per heavy atom. The van der Waals surface area contributed by atoms with E-state index >= 15 is 0 Å². The van der Waals surface area contributed by atoms with Crippen molar-refractivity contribution in [3.8, 4) is 5.95 Å². The molecule has 2 aromatic heterocycles. The molecule has 35 heavy (non-hydrogen) atoms. The molecule has 0 amide bonds. The third kappa shape index (κ3) is 4.96. The quantitative estimate of drug-likeness (QED) is 0.331. The van der Waals surface area contributed by atoms with Crippen LogP contribution in [0, 0.1) is 6.92 Å². The molecule has 2 aromatic carbocycles. The van der Waals surface area contributed by atoms with Gasteiger partial charge in [-0.1, -0.05) is 41.6 Å². The van der Waals surface area contributed by atoms with Gasteiger partial charge in [-0.25, -0.2) is 4.79 Å². The van der Waals surface area contributed by atoms with Crippen LogP contribution < -0.4 is 9.80 Å². The van der Waals surface area contributed by atoms with E-state index in [2.05, 4.69) is 10.3 Å². The maximum atomic E-state index is 12.3. The van der Waals surface area contributed by atoms with Gasteiger partial charge in [0.15, 0.2) is 5.69 Å². The monoisotopic (exact) mass is 472 g/mol. The first-order valence-electron chi connectivity index (χ1n) is 11.6. The van der Waals surface area contributed by atoms with Crippen molar-refractivity contribution in [2.45, 2.75) is 27.7 Å². The first-order chi connectivity index (χ1) is 17.1. The molecule has 0 saturated carbocycles. The summed E-state index contributed by atoms with van der Waals surface area (Å²) in [5.74, 6) is 0.639. The molecule has 0 spiro atoms. The van der Waals surface area contributed by atoms with Crippen molar-refractivity contribution < 1.29 is 9.53 Å². The van der Waals surface area contributed by atoms with E-state index in [0.717, 1.165) is 11.4 Å². The molecule has 0 bridgehead atoms. The minimum atomic E-state index is -0.537. The Balaban J connectivity index is 1.88. The number of ether oxygens (including phenoxy) is 1. The number of nitrogens with zero attached hydrogens (tertiary/aromatic N) is 8. The Morgan fingerprint density at radius 2 is 1.34 bits per heavy atom. The van der Waals surface area contributed by atoms with E-state index in [0.29, 0.717) is 30.7 Å². The number of esters is 1. The van der Waals surface area contributed by atoms with E-state index in [9.17, 15) is 4.79 Å². The van der Waals surface area contributed by atoms with E-state index < -0.39 is 5.97 Å². The molecule has 0 saturated heterocycles. The van der Waals surface area contributed by atoms with Crippen LogP contribution in [0.25, 0.3) is 5.95 Å². The van der Waals surface area contributed by atoms with Crippen LogP contribution in [0.3, 0.4) is 0 Å². The Morgan fingerprint density at radius 1 is 0.829 bits per heavy atom. The first kappa shape index (κ1) is 23.8. The number of para-hydroxylation sites is 2. The van der Waals surface area contributed by atoms with Gasteiger partial charge in [-0.15, -0.1) is 5.10 Å². The summed E-state index contributed by atoms with van der Waals surface area (Å²) in [5.41, 5.74) is 2.50. The number of rotatable bonds is 9. The molecular formula is C25H28N8O2.